The van der Waals surface area contributed by atoms with Crippen LogP contribution in [0.3, 0.4) is 0 Å². The molecule has 0 aliphatic heterocycles. The Bertz CT molecular complexity index is 780. The molecule has 1 N–H and O–H groups in total. The van der Waals surface area contributed by atoms with Crippen LogP contribution in [-0.4, -0.2) is 43.0 Å². The number of sulfonamides is 1. The Balaban J connectivity index is 1.74. The molecule has 0 fully saturated rings. The summed E-state index contributed by atoms with van der Waals surface area (Å²) in [6.45, 7) is 0.946. The summed E-state index contributed by atoms with van der Waals surface area (Å²) in [5.41, 5.74) is 2.03. The maximum atomic E-state index is 12.0. The molecule has 140 valence electrons. The van der Waals surface area contributed by atoms with E-state index in [-0.39, 0.29) is 25.4 Å². The van der Waals surface area contributed by atoms with Gasteiger partial charge in [0, 0.05) is 38.4 Å². The van der Waals surface area contributed by atoms with E-state index in [1.165, 1.54) is 9.87 Å². The Morgan fingerprint density at radius 1 is 1.12 bits per heavy atom. The average molecular weight is 375 g/mol. The molecule has 1 aromatic heterocycles. The zero-order chi connectivity index (χ0) is 18.8. The number of carbonyl (C=O) groups excluding carboxylic acids is 1. The maximum Gasteiger partial charge on any atom is 0.221 e. The van der Waals surface area contributed by atoms with E-state index < -0.39 is 10.0 Å². The highest BCUT2D eigenvalue weighted by Gasteiger charge is 2.18. The first-order valence-corrected chi connectivity index (χ1v) is 10.4. The summed E-state index contributed by atoms with van der Waals surface area (Å²) in [4.78, 5) is 16.0. The summed E-state index contributed by atoms with van der Waals surface area (Å²) in [5.74, 6) is -0.141. The standard InChI is InChI=1S/C19H25N3O3S/c1-26(24,25)22(16-18-10-5-12-20-15-18)14-11-19(23)21-13-6-9-17-7-3-2-4-8-17/h2-5,7-8,10,12,15H,6,9,11,13-14,16H2,1H3,(H,21,23). The van der Waals surface area contributed by atoms with E-state index in [0.29, 0.717) is 6.54 Å². The number of pyridine rings is 1. The van der Waals surface area contributed by atoms with Crippen LogP contribution in [0.1, 0.15) is 24.0 Å². The van der Waals surface area contributed by atoms with E-state index in [9.17, 15) is 13.2 Å². The van der Waals surface area contributed by atoms with Crippen molar-refractivity contribution in [2.45, 2.75) is 25.8 Å². The minimum Gasteiger partial charge on any atom is -0.356 e. The van der Waals surface area contributed by atoms with Crippen LogP contribution in [0.4, 0.5) is 0 Å². The Labute approximate surface area is 155 Å². The van der Waals surface area contributed by atoms with Gasteiger partial charge < -0.3 is 5.32 Å². The predicted octanol–water partition coefficient (Wildman–Crippen LogP) is 1.98. The second kappa shape index (κ2) is 10.0. The van der Waals surface area contributed by atoms with E-state index in [0.717, 1.165) is 24.7 Å². The summed E-state index contributed by atoms with van der Waals surface area (Å²) in [6.07, 6.45) is 6.30. The van der Waals surface area contributed by atoms with Gasteiger partial charge in [0.1, 0.15) is 0 Å². The zero-order valence-corrected chi connectivity index (χ0v) is 15.8. The molecule has 1 amide bonds. The zero-order valence-electron chi connectivity index (χ0n) is 15.0. The van der Waals surface area contributed by atoms with Gasteiger partial charge in [-0.2, -0.15) is 4.31 Å². The monoisotopic (exact) mass is 375 g/mol. The highest BCUT2D eigenvalue weighted by Crippen LogP contribution is 2.08. The first kappa shape index (κ1) is 20.1. The topological polar surface area (TPSA) is 79.4 Å². The second-order valence-electron chi connectivity index (χ2n) is 6.15. The van der Waals surface area contributed by atoms with Crippen LogP contribution in [0, 0.1) is 0 Å². The Morgan fingerprint density at radius 3 is 2.50 bits per heavy atom. The molecule has 1 aromatic carbocycles. The van der Waals surface area contributed by atoms with E-state index >= 15 is 0 Å². The number of carbonyl (C=O) groups is 1. The summed E-state index contributed by atoms with van der Waals surface area (Å²) in [6, 6.07) is 13.7. The number of hydrogen-bond acceptors (Lipinski definition) is 4. The van der Waals surface area contributed by atoms with Gasteiger partial charge in [-0.05, 0) is 30.0 Å². The van der Waals surface area contributed by atoms with Crippen LogP contribution in [0.5, 0.6) is 0 Å². The minimum absolute atomic E-state index is 0.138. The van der Waals surface area contributed by atoms with Crippen LogP contribution >= 0.6 is 0 Å². The largest absolute Gasteiger partial charge is 0.356 e. The average Bonchev–Trinajstić information content (AvgIpc) is 2.63. The second-order valence-corrected chi connectivity index (χ2v) is 8.13. The van der Waals surface area contributed by atoms with Crippen LogP contribution < -0.4 is 5.32 Å². The molecule has 0 bridgehead atoms. The number of rotatable bonds is 10. The lowest BCUT2D eigenvalue weighted by atomic mass is 10.1. The summed E-state index contributed by atoms with van der Waals surface area (Å²) < 4.78 is 25.2. The van der Waals surface area contributed by atoms with Gasteiger partial charge in [0.25, 0.3) is 0 Å². The van der Waals surface area contributed by atoms with Crippen molar-refractivity contribution in [3.05, 3.63) is 66.0 Å². The maximum absolute atomic E-state index is 12.0. The smallest absolute Gasteiger partial charge is 0.221 e. The third-order valence-corrected chi connectivity index (χ3v) is 5.20. The third-order valence-electron chi connectivity index (χ3n) is 3.95. The molecule has 0 unspecified atom stereocenters. The van der Waals surface area contributed by atoms with Gasteiger partial charge >= 0.3 is 0 Å². The molecule has 0 saturated carbocycles. The summed E-state index contributed by atoms with van der Waals surface area (Å²) in [7, 11) is -3.39. The highest BCUT2D eigenvalue weighted by molar-refractivity contribution is 7.88. The number of nitrogens with one attached hydrogen (secondary N) is 1. The molecule has 0 aliphatic rings. The molecule has 0 radical (unpaired) electrons. The SMILES string of the molecule is CS(=O)(=O)N(CCC(=O)NCCCc1ccccc1)Cc1cccnc1. The van der Waals surface area contributed by atoms with Crippen molar-refractivity contribution in [2.75, 3.05) is 19.3 Å². The van der Waals surface area contributed by atoms with E-state index in [1.54, 1.807) is 18.5 Å². The lowest BCUT2D eigenvalue weighted by Gasteiger charge is -2.19. The fourth-order valence-electron chi connectivity index (χ4n) is 2.54. The van der Waals surface area contributed by atoms with Gasteiger partial charge in [-0.15, -0.1) is 0 Å². The fraction of sp³-hybridized carbons (Fsp3) is 0.368. The number of benzene rings is 1. The van der Waals surface area contributed by atoms with Crippen molar-refractivity contribution in [3.8, 4) is 0 Å². The minimum atomic E-state index is -3.39. The molecule has 26 heavy (non-hydrogen) atoms. The molecular formula is C19H25N3O3S. The first-order valence-electron chi connectivity index (χ1n) is 8.60. The van der Waals surface area contributed by atoms with E-state index in [4.69, 9.17) is 0 Å². The van der Waals surface area contributed by atoms with Crippen LogP contribution in [0.15, 0.2) is 54.9 Å². The van der Waals surface area contributed by atoms with Crippen molar-refractivity contribution in [3.63, 3.8) is 0 Å². The van der Waals surface area contributed by atoms with Crippen LogP contribution in [0.25, 0.3) is 0 Å². The van der Waals surface area contributed by atoms with Crippen molar-refractivity contribution in [1.29, 1.82) is 0 Å². The first-order chi connectivity index (χ1) is 12.4. The van der Waals surface area contributed by atoms with Crippen molar-refractivity contribution in [2.24, 2.45) is 0 Å². The Kier molecular flexibility index (Phi) is 7.74. The molecule has 7 heteroatoms. The van der Waals surface area contributed by atoms with Gasteiger partial charge in [-0.25, -0.2) is 8.42 Å². The molecule has 6 nitrogen and oxygen atoms in total. The van der Waals surface area contributed by atoms with Gasteiger partial charge in [0.15, 0.2) is 0 Å². The molecule has 0 spiro atoms. The van der Waals surface area contributed by atoms with Gasteiger partial charge in [0.05, 0.1) is 6.26 Å². The normalized spacial score (nSPS) is 11.5. The number of hydrogen-bond donors (Lipinski definition) is 1. The number of nitrogens with zero attached hydrogens (tertiary/aromatic N) is 2. The number of aryl methyl sites for hydroxylation is 1. The molecule has 1 heterocycles. The summed E-state index contributed by atoms with van der Waals surface area (Å²) >= 11 is 0. The lowest BCUT2D eigenvalue weighted by molar-refractivity contribution is -0.121. The Hall–Kier alpha value is -2.25. The summed E-state index contributed by atoms with van der Waals surface area (Å²) in [5, 5.41) is 2.85. The fourth-order valence-corrected chi connectivity index (χ4v) is 3.34. The lowest BCUT2D eigenvalue weighted by Crippen LogP contribution is -2.34. The predicted molar refractivity (Wildman–Crippen MR) is 102 cm³/mol. The van der Waals surface area contributed by atoms with E-state index in [2.05, 4.69) is 22.4 Å². The number of amides is 1. The van der Waals surface area contributed by atoms with Crippen LogP contribution in [0.2, 0.25) is 0 Å². The third kappa shape index (κ3) is 7.33. The number of aromatic nitrogens is 1. The molecule has 0 atom stereocenters. The molecule has 0 aliphatic carbocycles. The quantitative estimate of drug-likeness (QED) is 0.644. The van der Waals surface area contributed by atoms with Gasteiger partial charge in [0.2, 0.25) is 15.9 Å². The van der Waals surface area contributed by atoms with Crippen molar-refractivity contribution in [1.82, 2.24) is 14.6 Å². The molecule has 2 rings (SSSR count). The van der Waals surface area contributed by atoms with Gasteiger partial charge in [-0.3, -0.25) is 9.78 Å². The van der Waals surface area contributed by atoms with Gasteiger partial charge in [-0.1, -0.05) is 36.4 Å². The molecule has 0 saturated heterocycles. The van der Waals surface area contributed by atoms with Crippen molar-refractivity contribution >= 4 is 15.9 Å². The highest BCUT2D eigenvalue weighted by atomic mass is 32.2. The molecule has 2 aromatic rings. The Morgan fingerprint density at radius 2 is 1.85 bits per heavy atom. The van der Waals surface area contributed by atoms with Crippen LogP contribution in [-0.2, 0) is 27.8 Å². The van der Waals surface area contributed by atoms with E-state index in [1.807, 2.05) is 24.3 Å². The van der Waals surface area contributed by atoms with Crippen molar-refractivity contribution < 1.29 is 13.2 Å². The molecular weight excluding hydrogens is 350 g/mol.